The average Bonchev–Trinajstić information content (AvgIpc) is 2.83. The van der Waals surface area contributed by atoms with Gasteiger partial charge in [0, 0.05) is 23.5 Å². The molecule has 0 spiro atoms. The number of H-pyrrole nitrogens is 1. The van der Waals surface area contributed by atoms with E-state index < -0.39 is 0 Å². The molecule has 0 bridgehead atoms. The van der Waals surface area contributed by atoms with Gasteiger partial charge in [-0.3, -0.25) is 5.10 Å². The van der Waals surface area contributed by atoms with E-state index in [0.717, 1.165) is 16.9 Å². The number of rotatable bonds is 5. The molecule has 0 aliphatic heterocycles. The van der Waals surface area contributed by atoms with Crippen LogP contribution in [0, 0.1) is 0 Å². The van der Waals surface area contributed by atoms with Crippen LogP contribution < -0.4 is 5.32 Å². The Hall–Kier alpha value is -1.77. The van der Waals surface area contributed by atoms with E-state index in [1.54, 1.807) is 6.20 Å². The third-order valence-electron chi connectivity index (χ3n) is 2.81. The van der Waals surface area contributed by atoms with Crippen LogP contribution in [0.3, 0.4) is 0 Å². The summed E-state index contributed by atoms with van der Waals surface area (Å²) in [6, 6.07) is 10.9. The number of hydrogen-bond donors (Lipinski definition) is 2. The molecule has 1 aromatic carbocycles. The molecule has 1 unspecified atom stereocenters. The first-order valence-corrected chi connectivity index (χ1v) is 6.16. The monoisotopic (exact) mass is 229 g/mol. The maximum Gasteiger partial charge on any atom is 0.0650 e. The second-order valence-corrected chi connectivity index (χ2v) is 4.39. The third kappa shape index (κ3) is 3.09. The molecule has 0 saturated carbocycles. The van der Waals surface area contributed by atoms with E-state index in [1.807, 2.05) is 6.07 Å². The Morgan fingerprint density at radius 2 is 2.24 bits per heavy atom. The molecule has 0 saturated heterocycles. The van der Waals surface area contributed by atoms with Crippen molar-refractivity contribution in [3.8, 4) is 11.3 Å². The van der Waals surface area contributed by atoms with Gasteiger partial charge in [-0.2, -0.15) is 5.10 Å². The van der Waals surface area contributed by atoms with Gasteiger partial charge in [-0.1, -0.05) is 25.5 Å². The molecule has 0 amide bonds. The van der Waals surface area contributed by atoms with Gasteiger partial charge in [0.1, 0.15) is 0 Å². The zero-order chi connectivity index (χ0) is 12.1. The van der Waals surface area contributed by atoms with E-state index in [4.69, 9.17) is 0 Å². The zero-order valence-corrected chi connectivity index (χ0v) is 10.4. The number of aromatic nitrogens is 2. The van der Waals surface area contributed by atoms with Crippen LogP contribution in [-0.2, 0) is 0 Å². The Morgan fingerprint density at radius 3 is 2.94 bits per heavy atom. The van der Waals surface area contributed by atoms with Crippen LogP contribution in [0.2, 0.25) is 0 Å². The molecule has 3 heteroatoms. The number of hydrogen-bond acceptors (Lipinski definition) is 2. The molecule has 2 N–H and O–H groups in total. The first kappa shape index (κ1) is 11.7. The molecule has 1 atom stereocenters. The molecule has 90 valence electrons. The highest BCUT2D eigenvalue weighted by molar-refractivity contribution is 5.64. The average molecular weight is 229 g/mol. The predicted octanol–water partition coefficient (Wildman–Crippen LogP) is 3.68. The highest BCUT2D eigenvalue weighted by Crippen LogP contribution is 2.21. The molecular weight excluding hydrogens is 210 g/mol. The van der Waals surface area contributed by atoms with E-state index in [2.05, 4.69) is 53.6 Å². The van der Waals surface area contributed by atoms with Crippen LogP contribution in [0.25, 0.3) is 11.3 Å². The van der Waals surface area contributed by atoms with Crippen LogP contribution in [0.1, 0.15) is 26.7 Å². The molecule has 2 rings (SSSR count). The molecule has 0 aliphatic rings. The summed E-state index contributed by atoms with van der Waals surface area (Å²) < 4.78 is 0. The van der Waals surface area contributed by atoms with Crippen molar-refractivity contribution in [3.63, 3.8) is 0 Å². The zero-order valence-electron chi connectivity index (χ0n) is 10.4. The van der Waals surface area contributed by atoms with Gasteiger partial charge < -0.3 is 5.32 Å². The van der Waals surface area contributed by atoms with Gasteiger partial charge in [-0.25, -0.2) is 0 Å². The van der Waals surface area contributed by atoms with Gasteiger partial charge in [0.15, 0.2) is 0 Å². The first-order valence-electron chi connectivity index (χ1n) is 6.16. The lowest BCUT2D eigenvalue weighted by Gasteiger charge is -2.14. The number of aromatic amines is 1. The Bertz CT molecular complexity index is 448. The Balaban J connectivity index is 2.12. The van der Waals surface area contributed by atoms with Crippen molar-refractivity contribution in [2.75, 3.05) is 5.32 Å². The molecule has 2 aromatic rings. The molecule has 1 aromatic heterocycles. The summed E-state index contributed by atoms with van der Waals surface area (Å²) in [5.74, 6) is 0. The minimum Gasteiger partial charge on any atom is -0.383 e. The summed E-state index contributed by atoms with van der Waals surface area (Å²) in [4.78, 5) is 0. The number of benzene rings is 1. The minimum absolute atomic E-state index is 0.511. The van der Waals surface area contributed by atoms with Crippen molar-refractivity contribution in [3.05, 3.63) is 36.5 Å². The lowest BCUT2D eigenvalue weighted by Crippen LogP contribution is -2.14. The first-order chi connectivity index (χ1) is 8.29. The van der Waals surface area contributed by atoms with E-state index >= 15 is 0 Å². The Kier molecular flexibility index (Phi) is 3.81. The number of anilines is 1. The summed E-state index contributed by atoms with van der Waals surface area (Å²) >= 11 is 0. The Morgan fingerprint density at radius 1 is 1.35 bits per heavy atom. The van der Waals surface area contributed by atoms with Crippen LogP contribution >= 0.6 is 0 Å². The molecule has 0 radical (unpaired) electrons. The predicted molar refractivity (Wildman–Crippen MR) is 72.0 cm³/mol. The molecule has 1 heterocycles. The lowest BCUT2D eigenvalue weighted by molar-refractivity contribution is 0.690. The maximum absolute atomic E-state index is 3.97. The quantitative estimate of drug-likeness (QED) is 0.821. The number of nitrogens with one attached hydrogen (secondary N) is 2. The third-order valence-corrected chi connectivity index (χ3v) is 2.81. The second-order valence-electron chi connectivity index (χ2n) is 4.39. The normalized spacial score (nSPS) is 12.4. The largest absolute Gasteiger partial charge is 0.383 e. The fourth-order valence-electron chi connectivity index (χ4n) is 1.98. The Labute approximate surface area is 102 Å². The van der Waals surface area contributed by atoms with Crippen molar-refractivity contribution < 1.29 is 0 Å². The lowest BCUT2D eigenvalue weighted by atomic mass is 10.1. The van der Waals surface area contributed by atoms with E-state index in [9.17, 15) is 0 Å². The smallest absolute Gasteiger partial charge is 0.0650 e. The minimum atomic E-state index is 0.511. The maximum atomic E-state index is 3.97. The van der Waals surface area contributed by atoms with Crippen molar-refractivity contribution in [2.45, 2.75) is 32.7 Å². The van der Waals surface area contributed by atoms with Crippen LogP contribution in [-0.4, -0.2) is 16.2 Å². The van der Waals surface area contributed by atoms with Crippen molar-refractivity contribution in [2.24, 2.45) is 0 Å². The molecule has 3 nitrogen and oxygen atoms in total. The molecule has 17 heavy (non-hydrogen) atoms. The fraction of sp³-hybridized carbons (Fsp3) is 0.357. The summed E-state index contributed by atoms with van der Waals surface area (Å²) in [5, 5.41) is 10.5. The fourth-order valence-corrected chi connectivity index (χ4v) is 1.98. The second kappa shape index (κ2) is 5.53. The van der Waals surface area contributed by atoms with E-state index in [1.165, 1.54) is 12.8 Å². The summed E-state index contributed by atoms with van der Waals surface area (Å²) in [7, 11) is 0. The van der Waals surface area contributed by atoms with Crippen molar-refractivity contribution in [1.82, 2.24) is 10.2 Å². The molecular formula is C14H19N3. The van der Waals surface area contributed by atoms with E-state index in [0.29, 0.717) is 6.04 Å². The van der Waals surface area contributed by atoms with Gasteiger partial charge in [0.05, 0.1) is 5.69 Å². The van der Waals surface area contributed by atoms with Crippen LogP contribution in [0.15, 0.2) is 36.5 Å². The van der Waals surface area contributed by atoms with Gasteiger partial charge >= 0.3 is 0 Å². The summed E-state index contributed by atoms with van der Waals surface area (Å²) in [6.07, 6.45) is 4.16. The van der Waals surface area contributed by atoms with Crippen LogP contribution in [0.4, 0.5) is 5.69 Å². The molecule has 0 fully saturated rings. The highest BCUT2D eigenvalue weighted by atomic mass is 15.1. The topological polar surface area (TPSA) is 40.7 Å². The molecule has 0 aliphatic carbocycles. The SMILES string of the molecule is CCCC(C)Nc1cccc(-c2ccn[nH]2)c1. The van der Waals surface area contributed by atoms with Gasteiger partial charge in [-0.15, -0.1) is 0 Å². The van der Waals surface area contributed by atoms with E-state index in [-0.39, 0.29) is 0 Å². The standard InChI is InChI=1S/C14H19N3/c1-3-5-11(2)16-13-7-4-6-12(10-13)14-8-9-15-17-14/h4,6-11,16H,3,5H2,1-2H3,(H,15,17). The van der Waals surface area contributed by atoms with Gasteiger partial charge in [-0.05, 0) is 31.5 Å². The summed E-state index contributed by atoms with van der Waals surface area (Å²) in [6.45, 7) is 4.42. The van der Waals surface area contributed by atoms with Crippen LogP contribution in [0.5, 0.6) is 0 Å². The van der Waals surface area contributed by atoms with Gasteiger partial charge in [0.2, 0.25) is 0 Å². The summed E-state index contributed by atoms with van der Waals surface area (Å²) in [5.41, 5.74) is 3.38. The number of nitrogens with zero attached hydrogens (tertiary/aromatic N) is 1. The van der Waals surface area contributed by atoms with Crippen molar-refractivity contribution >= 4 is 5.69 Å². The highest BCUT2D eigenvalue weighted by Gasteiger charge is 2.03. The van der Waals surface area contributed by atoms with Gasteiger partial charge in [0.25, 0.3) is 0 Å². The van der Waals surface area contributed by atoms with Crippen molar-refractivity contribution in [1.29, 1.82) is 0 Å².